The topological polar surface area (TPSA) is 76.5 Å². The fourth-order valence-electron chi connectivity index (χ4n) is 3.98. The summed E-state index contributed by atoms with van der Waals surface area (Å²) in [6, 6.07) is 3.87. The molecule has 2 amide bonds. The van der Waals surface area contributed by atoms with Crippen LogP contribution in [0.4, 0.5) is 0 Å². The van der Waals surface area contributed by atoms with Crippen LogP contribution in [0, 0.1) is 0 Å². The van der Waals surface area contributed by atoms with Crippen LogP contribution in [0.15, 0.2) is 29.9 Å². The van der Waals surface area contributed by atoms with Gasteiger partial charge in [0, 0.05) is 39.0 Å². The largest absolute Gasteiger partial charge is 0.375 e. The minimum absolute atomic E-state index is 0.0875. The minimum atomic E-state index is -0.239. The van der Waals surface area contributed by atoms with Crippen LogP contribution in [0.1, 0.15) is 45.7 Å². The van der Waals surface area contributed by atoms with Crippen molar-refractivity contribution in [2.24, 2.45) is 7.05 Å². The lowest BCUT2D eigenvalue weighted by Crippen LogP contribution is -2.54. The molecule has 0 aliphatic carbocycles. The number of hydrogen-bond acceptors (Lipinski definition) is 5. The third-order valence-corrected chi connectivity index (χ3v) is 6.35. The van der Waals surface area contributed by atoms with Crippen LogP contribution in [0.2, 0.25) is 0 Å². The number of amides is 2. The Bertz CT molecular complexity index is 809. The van der Waals surface area contributed by atoms with E-state index in [2.05, 4.69) is 10.4 Å². The van der Waals surface area contributed by atoms with E-state index in [0.29, 0.717) is 25.3 Å². The lowest BCUT2D eigenvalue weighted by molar-refractivity contribution is -0.114. The summed E-state index contributed by atoms with van der Waals surface area (Å²) in [6.07, 6.45) is 6.52. The van der Waals surface area contributed by atoms with Gasteiger partial charge in [-0.25, -0.2) is 0 Å². The second-order valence-electron chi connectivity index (χ2n) is 7.37. The van der Waals surface area contributed by atoms with E-state index in [4.69, 9.17) is 4.74 Å². The van der Waals surface area contributed by atoms with Crippen LogP contribution in [0.5, 0.6) is 0 Å². The zero-order valence-electron chi connectivity index (χ0n) is 15.4. The Morgan fingerprint density at radius 1 is 1.37 bits per heavy atom. The monoisotopic (exact) mass is 388 g/mol. The van der Waals surface area contributed by atoms with Gasteiger partial charge >= 0.3 is 0 Å². The van der Waals surface area contributed by atoms with Crippen LogP contribution < -0.4 is 5.32 Å². The molecule has 4 rings (SSSR count). The van der Waals surface area contributed by atoms with Crippen LogP contribution in [-0.4, -0.2) is 57.8 Å². The molecule has 0 aromatic carbocycles. The highest BCUT2D eigenvalue weighted by Gasteiger charge is 2.41. The summed E-state index contributed by atoms with van der Waals surface area (Å²) in [4.78, 5) is 27.6. The van der Waals surface area contributed by atoms with E-state index in [1.807, 2.05) is 22.4 Å². The Morgan fingerprint density at radius 2 is 2.19 bits per heavy atom. The summed E-state index contributed by atoms with van der Waals surface area (Å²) < 4.78 is 7.77. The number of hydrogen-bond donors (Lipinski definition) is 1. The van der Waals surface area contributed by atoms with Gasteiger partial charge < -0.3 is 15.0 Å². The second kappa shape index (κ2) is 7.44. The zero-order chi connectivity index (χ0) is 18.9. The lowest BCUT2D eigenvalue weighted by atomic mass is 9.82. The zero-order valence-corrected chi connectivity index (χ0v) is 16.2. The molecule has 0 radical (unpaired) electrons. The van der Waals surface area contributed by atoms with Gasteiger partial charge in [0.25, 0.3) is 11.8 Å². The first-order chi connectivity index (χ1) is 13.0. The first-order valence-corrected chi connectivity index (χ1v) is 10.2. The molecule has 144 valence electrons. The molecule has 2 aromatic rings. The Labute approximate surface area is 162 Å². The van der Waals surface area contributed by atoms with E-state index in [9.17, 15) is 9.59 Å². The van der Waals surface area contributed by atoms with Crippen LogP contribution in [0.25, 0.3) is 0 Å². The van der Waals surface area contributed by atoms with E-state index in [-0.39, 0.29) is 23.5 Å². The van der Waals surface area contributed by atoms with Crippen molar-refractivity contribution in [1.82, 2.24) is 20.0 Å². The molecule has 2 aliphatic heterocycles. The first kappa shape index (κ1) is 18.2. The van der Waals surface area contributed by atoms with E-state index in [1.165, 1.54) is 11.3 Å². The third kappa shape index (κ3) is 3.91. The van der Waals surface area contributed by atoms with Gasteiger partial charge in [-0.15, -0.1) is 11.3 Å². The molecule has 2 aromatic heterocycles. The highest BCUT2D eigenvalue weighted by Crippen LogP contribution is 2.35. The van der Waals surface area contributed by atoms with Crippen molar-refractivity contribution in [3.05, 3.63) is 40.3 Å². The summed E-state index contributed by atoms with van der Waals surface area (Å²) in [5, 5.41) is 9.11. The van der Waals surface area contributed by atoms with Gasteiger partial charge in [0.05, 0.1) is 22.2 Å². The van der Waals surface area contributed by atoms with Gasteiger partial charge in [-0.3, -0.25) is 14.3 Å². The number of likely N-dealkylation sites (tertiary alicyclic amines) is 1. The van der Waals surface area contributed by atoms with Gasteiger partial charge in [0.2, 0.25) is 0 Å². The van der Waals surface area contributed by atoms with Crippen molar-refractivity contribution in [2.75, 3.05) is 19.7 Å². The van der Waals surface area contributed by atoms with Crippen molar-refractivity contribution in [3.8, 4) is 0 Å². The molecular formula is C19H24N4O3S. The normalized spacial score (nSPS) is 22.0. The van der Waals surface area contributed by atoms with Crippen molar-refractivity contribution >= 4 is 23.2 Å². The third-order valence-electron chi connectivity index (χ3n) is 5.49. The maximum atomic E-state index is 12.5. The second-order valence-corrected chi connectivity index (χ2v) is 8.31. The molecule has 8 heteroatoms. The summed E-state index contributed by atoms with van der Waals surface area (Å²) >= 11 is 1.48. The predicted octanol–water partition coefficient (Wildman–Crippen LogP) is 2.07. The number of piperidine rings is 1. The Balaban J connectivity index is 1.34. The molecule has 0 saturated carbocycles. The van der Waals surface area contributed by atoms with Crippen molar-refractivity contribution in [2.45, 2.75) is 37.3 Å². The Morgan fingerprint density at radius 3 is 2.85 bits per heavy atom. The summed E-state index contributed by atoms with van der Waals surface area (Å²) in [7, 11) is 1.80. The molecular weight excluding hydrogens is 364 g/mol. The fourth-order valence-corrected chi connectivity index (χ4v) is 4.67. The molecule has 1 atom stereocenters. The highest BCUT2D eigenvalue weighted by atomic mass is 32.1. The molecule has 1 N–H and O–H groups in total. The van der Waals surface area contributed by atoms with Crippen LogP contribution in [-0.2, 0) is 11.8 Å². The van der Waals surface area contributed by atoms with Crippen molar-refractivity contribution in [1.29, 1.82) is 0 Å². The predicted molar refractivity (Wildman–Crippen MR) is 102 cm³/mol. The van der Waals surface area contributed by atoms with Crippen molar-refractivity contribution in [3.63, 3.8) is 0 Å². The number of rotatable bonds is 3. The average Bonchev–Trinajstić information content (AvgIpc) is 3.34. The Kier molecular flexibility index (Phi) is 5.01. The van der Waals surface area contributed by atoms with Gasteiger partial charge in [0.15, 0.2) is 0 Å². The molecule has 2 fully saturated rings. The molecule has 7 nitrogen and oxygen atoms in total. The maximum Gasteiger partial charge on any atom is 0.263 e. The number of nitrogens with one attached hydrogen (secondary N) is 1. The smallest absolute Gasteiger partial charge is 0.263 e. The number of carbonyl (C=O) groups is 2. The van der Waals surface area contributed by atoms with Crippen LogP contribution >= 0.6 is 11.3 Å². The summed E-state index contributed by atoms with van der Waals surface area (Å²) in [5.41, 5.74) is 0.339. The van der Waals surface area contributed by atoms with Crippen molar-refractivity contribution < 1.29 is 14.3 Å². The number of aromatic nitrogens is 2. The molecule has 4 heterocycles. The number of thiophene rings is 1. The summed E-state index contributed by atoms with van der Waals surface area (Å²) in [5.74, 6) is 0.0209. The van der Waals surface area contributed by atoms with Gasteiger partial charge in [-0.1, -0.05) is 6.07 Å². The first-order valence-electron chi connectivity index (χ1n) is 9.31. The average molecular weight is 388 g/mol. The maximum absolute atomic E-state index is 12.5. The highest BCUT2D eigenvalue weighted by molar-refractivity contribution is 7.12. The lowest BCUT2D eigenvalue weighted by Gasteiger charge is -2.46. The number of aryl methyl sites for hydroxylation is 1. The van der Waals surface area contributed by atoms with Gasteiger partial charge in [0.1, 0.15) is 0 Å². The molecule has 0 unspecified atom stereocenters. The SMILES string of the molecule is Cn1cc(C(=O)N[C@H]2CCOC3(CCN(C(=O)c4cccs4)CC3)C2)cn1. The van der Waals surface area contributed by atoms with Crippen LogP contribution in [0.3, 0.4) is 0 Å². The molecule has 2 saturated heterocycles. The van der Waals surface area contributed by atoms with E-state index in [1.54, 1.807) is 24.1 Å². The number of ether oxygens (including phenoxy) is 1. The van der Waals surface area contributed by atoms with E-state index < -0.39 is 0 Å². The van der Waals surface area contributed by atoms with E-state index in [0.717, 1.165) is 30.6 Å². The fraction of sp³-hybridized carbons (Fsp3) is 0.526. The number of carbonyl (C=O) groups excluding carboxylic acids is 2. The standard InChI is InChI=1S/C19H24N4O3S/c1-22-13-14(12-20-22)17(24)21-15-4-9-26-19(11-15)5-7-23(8-6-19)18(25)16-3-2-10-27-16/h2-3,10,12-13,15H,4-9,11H2,1H3,(H,21,24)/t15-/m0/s1. The van der Waals surface area contributed by atoms with E-state index >= 15 is 0 Å². The molecule has 2 aliphatic rings. The Hall–Kier alpha value is -2.19. The quantitative estimate of drug-likeness (QED) is 0.873. The van der Waals surface area contributed by atoms with Gasteiger partial charge in [-0.05, 0) is 37.1 Å². The minimum Gasteiger partial charge on any atom is -0.375 e. The summed E-state index contributed by atoms with van der Waals surface area (Å²) in [6.45, 7) is 2.02. The van der Waals surface area contributed by atoms with Gasteiger partial charge in [-0.2, -0.15) is 5.10 Å². The molecule has 1 spiro atoms. The number of nitrogens with zero attached hydrogens (tertiary/aromatic N) is 3. The molecule has 0 bridgehead atoms. The molecule has 27 heavy (non-hydrogen) atoms.